The van der Waals surface area contributed by atoms with Crippen LogP contribution < -0.4 is 25.4 Å². The number of carbonyl (C=O) groups excluding carboxylic acids is 1. The molecule has 3 N–H and O–H groups in total. The zero-order valence-corrected chi connectivity index (χ0v) is 18.9. The molecule has 7 nitrogen and oxygen atoms in total. The van der Waals surface area contributed by atoms with Gasteiger partial charge in [0.25, 0.3) is 5.91 Å². The molecule has 0 spiro atoms. The Labute approximate surface area is 182 Å². The number of guanidine groups is 1. The molecule has 152 valence electrons. The lowest BCUT2D eigenvalue weighted by Crippen LogP contribution is -2.30. The minimum atomic E-state index is -0.100. The summed E-state index contributed by atoms with van der Waals surface area (Å²) in [5, 5.41) is 9.08. The van der Waals surface area contributed by atoms with E-state index in [0.29, 0.717) is 36.2 Å². The number of amides is 1. The van der Waals surface area contributed by atoms with E-state index in [0.717, 1.165) is 11.3 Å². The average Bonchev–Trinajstić information content (AvgIpc) is 2.71. The van der Waals surface area contributed by atoms with E-state index in [-0.39, 0.29) is 29.9 Å². The number of halogens is 1. The van der Waals surface area contributed by atoms with Gasteiger partial charge >= 0.3 is 0 Å². The Bertz CT molecular complexity index is 795. The van der Waals surface area contributed by atoms with Crippen LogP contribution in [0.15, 0.2) is 47.5 Å². The minimum Gasteiger partial charge on any atom is -0.493 e. The third-order valence-electron chi connectivity index (χ3n) is 3.85. The number of methoxy groups -OCH3 is 1. The highest BCUT2D eigenvalue weighted by molar-refractivity contribution is 14.0. The van der Waals surface area contributed by atoms with Gasteiger partial charge in [0.05, 0.1) is 13.7 Å². The fraction of sp³-hybridized carbons (Fsp3) is 0.300. The summed E-state index contributed by atoms with van der Waals surface area (Å²) in [5.74, 6) is 1.88. The predicted octanol–water partition coefficient (Wildman–Crippen LogP) is 3.26. The van der Waals surface area contributed by atoms with Gasteiger partial charge < -0.3 is 25.4 Å². The fourth-order valence-corrected chi connectivity index (χ4v) is 2.44. The third-order valence-corrected chi connectivity index (χ3v) is 3.85. The van der Waals surface area contributed by atoms with E-state index >= 15 is 0 Å². The zero-order valence-electron chi connectivity index (χ0n) is 16.5. The van der Waals surface area contributed by atoms with Gasteiger partial charge in [-0.3, -0.25) is 9.79 Å². The SMILES string of the molecule is CCOc1cc(NC(=NC)NCc2ccc(C(=O)NC)cc2)ccc1OC.I. The topological polar surface area (TPSA) is 84.0 Å². The molecule has 0 aliphatic rings. The Hall–Kier alpha value is -2.49. The molecule has 2 rings (SSSR count). The summed E-state index contributed by atoms with van der Waals surface area (Å²) in [6, 6.07) is 13.0. The normalized spacial score (nSPS) is 10.5. The lowest BCUT2D eigenvalue weighted by atomic mass is 10.1. The van der Waals surface area contributed by atoms with Crippen LogP contribution in [0.2, 0.25) is 0 Å². The highest BCUT2D eigenvalue weighted by Gasteiger charge is 2.07. The zero-order chi connectivity index (χ0) is 19.6. The first kappa shape index (κ1) is 23.5. The monoisotopic (exact) mass is 498 g/mol. The smallest absolute Gasteiger partial charge is 0.251 e. The highest BCUT2D eigenvalue weighted by atomic mass is 127. The number of anilines is 1. The third kappa shape index (κ3) is 6.59. The number of hydrogen-bond donors (Lipinski definition) is 3. The first-order chi connectivity index (χ1) is 13.1. The van der Waals surface area contributed by atoms with Crippen LogP contribution in [0.3, 0.4) is 0 Å². The molecule has 0 unspecified atom stereocenters. The first-order valence-electron chi connectivity index (χ1n) is 8.70. The van der Waals surface area contributed by atoms with Crippen molar-refractivity contribution in [2.24, 2.45) is 4.99 Å². The van der Waals surface area contributed by atoms with Crippen molar-refractivity contribution in [2.75, 3.05) is 33.1 Å². The highest BCUT2D eigenvalue weighted by Crippen LogP contribution is 2.30. The van der Waals surface area contributed by atoms with E-state index in [1.165, 1.54) is 0 Å². The van der Waals surface area contributed by atoms with Crippen LogP contribution >= 0.6 is 24.0 Å². The lowest BCUT2D eigenvalue weighted by Gasteiger charge is -2.15. The summed E-state index contributed by atoms with van der Waals surface area (Å²) in [5.41, 5.74) is 2.50. The van der Waals surface area contributed by atoms with Gasteiger partial charge in [-0.05, 0) is 36.8 Å². The average molecular weight is 498 g/mol. The minimum absolute atomic E-state index is 0. The summed E-state index contributed by atoms with van der Waals surface area (Å²) >= 11 is 0. The molecular weight excluding hydrogens is 471 g/mol. The summed E-state index contributed by atoms with van der Waals surface area (Å²) in [7, 11) is 4.93. The molecule has 0 heterocycles. The van der Waals surface area contributed by atoms with Gasteiger partial charge in [0, 0.05) is 38.0 Å². The first-order valence-corrected chi connectivity index (χ1v) is 8.70. The summed E-state index contributed by atoms with van der Waals surface area (Å²) < 4.78 is 10.9. The summed E-state index contributed by atoms with van der Waals surface area (Å²) in [6.07, 6.45) is 0. The second-order valence-electron chi connectivity index (χ2n) is 5.63. The molecular formula is C20H27IN4O3. The predicted molar refractivity (Wildman–Crippen MR) is 123 cm³/mol. The molecule has 0 atom stereocenters. The van der Waals surface area contributed by atoms with E-state index in [9.17, 15) is 4.79 Å². The van der Waals surface area contributed by atoms with E-state index in [4.69, 9.17) is 9.47 Å². The van der Waals surface area contributed by atoms with Crippen molar-refractivity contribution in [1.82, 2.24) is 10.6 Å². The van der Waals surface area contributed by atoms with Gasteiger partial charge in [-0.1, -0.05) is 12.1 Å². The number of ether oxygens (including phenoxy) is 2. The Morgan fingerprint density at radius 1 is 1.11 bits per heavy atom. The van der Waals surface area contributed by atoms with Crippen molar-refractivity contribution in [2.45, 2.75) is 13.5 Å². The van der Waals surface area contributed by atoms with Gasteiger partial charge in [-0.25, -0.2) is 0 Å². The molecule has 0 radical (unpaired) electrons. The van der Waals surface area contributed by atoms with Crippen molar-refractivity contribution in [3.05, 3.63) is 53.6 Å². The number of aliphatic imine (C=N–C) groups is 1. The van der Waals surface area contributed by atoms with Crippen LogP contribution in [0.25, 0.3) is 0 Å². The van der Waals surface area contributed by atoms with Crippen molar-refractivity contribution >= 4 is 41.5 Å². The van der Waals surface area contributed by atoms with Gasteiger partial charge in [0.1, 0.15) is 0 Å². The standard InChI is InChI=1S/C20H26N4O3.HI/c1-5-27-18-12-16(10-11-17(18)26-4)24-20(22-3)23-13-14-6-8-15(9-7-14)19(25)21-2;/h6-12H,5,13H2,1-4H3,(H,21,25)(H2,22,23,24);1H. The van der Waals surface area contributed by atoms with Crippen LogP contribution in [-0.4, -0.2) is 39.7 Å². The molecule has 28 heavy (non-hydrogen) atoms. The Morgan fingerprint density at radius 2 is 1.82 bits per heavy atom. The fourth-order valence-electron chi connectivity index (χ4n) is 2.44. The van der Waals surface area contributed by atoms with Gasteiger partial charge in [0.2, 0.25) is 0 Å². The molecule has 0 aromatic heterocycles. The van der Waals surface area contributed by atoms with Crippen molar-refractivity contribution in [3.63, 3.8) is 0 Å². The van der Waals surface area contributed by atoms with Crippen LogP contribution in [0, 0.1) is 0 Å². The molecule has 0 aliphatic carbocycles. The molecule has 0 bridgehead atoms. The van der Waals surface area contributed by atoms with Crippen LogP contribution in [0.4, 0.5) is 5.69 Å². The van der Waals surface area contributed by atoms with E-state index in [2.05, 4.69) is 20.9 Å². The number of hydrogen-bond acceptors (Lipinski definition) is 4. The van der Waals surface area contributed by atoms with Gasteiger partial charge in [0.15, 0.2) is 17.5 Å². The Balaban J connectivity index is 0.00000392. The largest absolute Gasteiger partial charge is 0.493 e. The van der Waals surface area contributed by atoms with Crippen LogP contribution in [0.5, 0.6) is 11.5 Å². The van der Waals surface area contributed by atoms with Gasteiger partial charge in [-0.15, -0.1) is 24.0 Å². The molecule has 2 aromatic rings. The Kier molecular flexibility index (Phi) is 10.1. The quantitative estimate of drug-likeness (QED) is 0.310. The maximum absolute atomic E-state index is 11.6. The molecule has 0 fully saturated rings. The van der Waals surface area contributed by atoms with Crippen molar-refractivity contribution in [3.8, 4) is 11.5 Å². The molecule has 0 saturated carbocycles. The van der Waals surface area contributed by atoms with E-state index in [1.807, 2.05) is 37.3 Å². The number of rotatable bonds is 7. The van der Waals surface area contributed by atoms with E-state index < -0.39 is 0 Å². The lowest BCUT2D eigenvalue weighted by molar-refractivity contribution is 0.0963. The van der Waals surface area contributed by atoms with E-state index in [1.54, 1.807) is 33.3 Å². The second-order valence-corrected chi connectivity index (χ2v) is 5.63. The maximum atomic E-state index is 11.6. The van der Waals surface area contributed by atoms with Crippen molar-refractivity contribution in [1.29, 1.82) is 0 Å². The molecule has 0 aliphatic heterocycles. The summed E-state index contributed by atoms with van der Waals surface area (Å²) in [4.78, 5) is 15.8. The molecule has 2 aromatic carbocycles. The second kappa shape index (κ2) is 12.1. The number of benzene rings is 2. The number of carbonyl (C=O) groups is 1. The van der Waals surface area contributed by atoms with Gasteiger partial charge in [-0.2, -0.15) is 0 Å². The maximum Gasteiger partial charge on any atom is 0.251 e. The van der Waals surface area contributed by atoms with Crippen molar-refractivity contribution < 1.29 is 14.3 Å². The number of nitrogens with one attached hydrogen (secondary N) is 3. The molecule has 0 saturated heterocycles. The number of nitrogens with zero attached hydrogens (tertiary/aromatic N) is 1. The summed E-state index contributed by atoms with van der Waals surface area (Å²) in [6.45, 7) is 3.05. The molecule has 8 heteroatoms. The van der Waals surface area contributed by atoms with Crippen LogP contribution in [0.1, 0.15) is 22.8 Å². The Morgan fingerprint density at radius 3 is 2.39 bits per heavy atom. The van der Waals surface area contributed by atoms with Crippen LogP contribution in [-0.2, 0) is 6.54 Å². The molecule has 1 amide bonds.